The fourth-order valence-corrected chi connectivity index (χ4v) is 4.80. The lowest BCUT2D eigenvalue weighted by atomic mass is 9.61. The van der Waals surface area contributed by atoms with Crippen molar-refractivity contribution in [3.8, 4) is 0 Å². The molecule has 0 radical (unpaired) electrons. The maximum atomic E-state index is 11.4. The number of hydrogen-bond acceptors (Lipinski definition) is 5. The SMILES string of the molecule is Cc1cc(Cl)c2ncnc(N3CC4(CC(N(C)S(N)(=O)=O)C4)C3)n12. The van der Waals surface area contributed by atoms with Crippen LogP contribution in [0.2, 0.25) is 5.02 Å². The fourth-order valence-electron chi connectivity index (χ4n) is 3.94. The summed E-state index contributed by atoms with van der Waals surface area (Å²) in [5.41, 5.74) is 1.86. The molecule has 0 bridgehead atoms. The summed E-state index contributed by atoms with van der Waals surface area (Å²) in [5.74, 6) is 0.832. The van der Waals surface area contributed by atoms with Crippen molar-refractivity contribution < 1.29 is 8.42 Å². The summed E-state index contributed by atoms with van der Waals surface area (Å²) < 4.78 is 26.1. The predicted molar refractivity (Wildman–Crippen MR) is 91.3 cm³/mol. The van der Waals surface area contributed by atoms with Gasteiger partial charge in [0.25, 0.3) is 10.2 Å². The number of fused-ring (bicyclic) bond motifs is 1. The molecule has 1 saturated heterocycles. The fraction of sp³-hybridized carbons (Fsp3) is 0.571. The highest BCUT2D eigenvalue weighted by Gasteiger charge is 2.55. The van der Waals surface area contributed by atoms with Crippen LogP contribution < -0.4 is 10.0 Å². The van der Waals surface area contributed by atoms with Crippen molar-refractivity contribution >= 4 is 33.4 Å². The third kappa shape index (κ3) is 2.30. The number of hydrogen-bond donors (Lipinski definition) is 1. The minimum atomic E-state index is -3.61. The van der Waals surface area contributed by atoms with Crippen LogP contribution in [0.25, 0.3) is 5.65 Å². The average Bonchev–Trinajstić information content (AvgIpc) is 2.70. The van der Waals surface area contributed by atoms with Crippen molar-refractivity contribution in [2.24, 2.45) is 10.6 Å². The van der Waals surface area contributed by atoms with Gasteiger partial charge in [-0.15, -0.1) is 0 Å². The van der Waals surface area contributed by atoms with Gasteiger partial charge in [-0.05, 0) is 25.8 Å². The molecular formula is C14H19ClN6O2S. The number of aromatic nitrogens is 3. The molecule has 2 aromatic rings. The van der Waals surface area contributed by atoms with E-state index in [9.17, 15) is 8.42 Å². The van der Waals surface area contributed by atoms with E-state index in [0.717, 1.165) is 37.6 Å². The summed E-state index contributed by atoms with van der Waals surface area (Å²) in [7, 11) is -2.07. The van der Waals surface area contributed by atoms with Gasteiger partial charge >= 0.3 is 0 Å². The summed E-state index contributed by atoms with van der Waals surface area (Å²) in [5, 5.41) is 5.81. The Balaban J connectivity index is 1.50. The molecule has 24 heavy (non-hydrogen) atoms. The van der Waals surface area contributed by atoms with E-state index in [1.165, 1.54) is 10.6 Å². The Hall–Kier alpha value is -1.42. The minimum Gasteiger partial charge on any atom is -0.341 e. The highest BCUT2D eigenvalue weighted by Crippen LogP contribution is 2.51. The van der Waals surface area contributed by atoms with Crippen molar-refractivity contribution in [1.29, 1.82) is 0 Å². The van der Waals surface area contributed by atoms with Crippen molar-refractivity contribution in [3.05, 3.63) is 23.1 Å². The summed E-state index contributed by atoms with van der Waals surface area (Å²) >= 11 is 6.20. The van der Waals surface area contributed by atoms with Crippen molar-refractivity contribution in [1.82, 2.24) is 18.7 Å². The molecular weight excluding hydrogens is 352 g/mol. The molecule has 1 saturated carbocycles. The maximum Gasteiger partial charge on any atom is 0.276 e. The number of halogens is 1. The van der Waals surface area contributed by atoms with Gasteiger partial charge < -0.3 is 4.90 Å². The molecule has 2 aromatic heterocycles. The Kier molecular flexibility index (Phi) is 3.38. The zero-order chi connectivity index (χ0) is 17.3. The lowest BCUT2D eigenvalue weighted by Crippen LogP contribution is -2.67. The van der Waals surface area contributed by atoms with Crippen LogP contribution in [0, 0.1) is 12.3 Å². The molecule has 10 heteroatoms. The Labute approximate surface area is 145 Å². The highest BCUT2D eigenvalue weighted by atomic mass is 35.5. The van der Waals surface area contributed by atoms with Gasteiger partial charge in [0.15, 0.2) is 5.65 Å². The van der Waals surface area contributed by atoms with E-state index in [1.807, 2.05) is 17.4 Å². The Morgan fingerprint density at radius 2 is 2.04 bits per heavy atom. The van der Waals surface area contributed by atoms with E-state index in [0.29, 0.717) is 10.7 Å². The van der Waals surface area contributed by atoms with Crippen molar-refractivity contribution in [2.75, 3.05) is 25.0 Å². The van der Waals surface area contributed by atoms with Gasteiger partial charge in [-0.3, -0.25) is 4.40 Å². The van der Waals surface area contributed by atoms with E-state index in [-0.39, 0.29) is 11.5 Å². The van der Waals surface area contributed by atoms with Crippen molar-refractivity contribution in [3.63, 3.8) is 0 Å². The molecule has 0 amide bonds. The number of nitrogens with zero attached hydrogens (tertiary/aromatic N) is 5. The van der Waals surface area contributed by atoms with Crippen LogP contribution >= 0.6 is 11.6 Å². The van der Waals surface area contributed by atoms with Crippen LogP contribution in [0.3, 0.4) is 0 Å². The lowest BCUT2D eigenvalue weighted by Gasteiger charge is -2.60. The summed E-state index contributed by atoms with van der Waals surface area (Å²) in [6, 6.07) is 1.88. The molecule has 8 nitrogen and oxygen atoms in total. The molecule has 4 rings (SSSR count). The molecule has 0 unspecified atom stereocenters. The van der Waals surface area contributed by atoms with E-state index in [2.05, 4.69) is 14.9 Å². The van der Waals surface area contributed by atoms with Crippen LogP contribution in [-0.4, -0.2) is 53.3 Å². The maximum absolute atomic E-state index is 11.4. The van der Waals surface area contributed by atoms with Gasteiger partial charge in [0, 0.05) is 37.3 Å². The first-order chi connectivity index (χ1) is 11.2. The Bertz CT molecular complexity index is 913. The molecule has 2 fully saturated rings. The number of nitrogens with two attached hydrogens (primary N) is 1. The third-order valence-electron chi connectivity index (χ3n) is 5.26. The first kappa shape index (κ1) is 16.1. The molecule has 0 aromatic carbocycles. The molecule has 1 aliphatic carbocycles. The minimum absolute atomic E-state index is 0.00433. The Morgan fingerprint density at radius 3 is 2.67 bits per heavy atom. The first-order valence-corrected chi connectivity index (χ1v) is 9.58. The molecule has 1 aliphatic heterocycles. The standard InChI is InChI=1S/C14H19ClN6O2S/c1-9-3-11(15)12-17-8-18-13(21(9)12)20-6-14(7-20)4-10(5-14)19(2)24(16,22)23/h3,8,10H,4-7H2,1-2H3,(H2,16,22,23). The molecule has 2 N–H and O–H groups in total. The third-order valence-corrected chi connectivity index (χ3v) is 6.63. The number of anilines is 1. The second-order valence-corrected chi connectivity index (χ2v) is 8.96. The monoisotopic (exact) mass is 370 g/mol. The second kappa shape index (κ2) is 5.04. The zero-order valence-corrected chi connectivity index (χ0v) is 15.0. The van der Waals surface area contributed by atoms with Crippen LogP contribution in [0.1, 0.15) is 18.5 Å². The molecule has 3 heterocycles. The van der Waals surface area contributed by atoms with Crippen LogP contribution in [0.15, 0.2) is 12.4 Å². The summed E-state index contributed by atoms with van der Waals surface area (Å²) in [4.78, 5) is 10.8. The second-order valence-electron chi connectivity index (χ2n) is 6.95. The van der Waals surface area contributed by atoms with E-state index < -0.39 is 10.2 Å². The van der Waals surface area contributed by atoms with Gasteiger partial charge in [0.05, 0.1) is 5.02 Å². The Morgan fingerprint density at radius 1 is 1.38 bits per heavy atom. The van der Waals surface area contributed by atoms with Crippen LogP contribution in [-0.2, 0) is 10.2 Å². The molecule has 130 valence electrons. The first-order valence-electron chi connectivity index (χ1n) is 7.69. The quantitative estimate of drug-likeness (QED) is 0.861. The van der Waals surface area contributed by atoms with E-state index in [4.69, 9.17) is 16.7 Å². The van der Waals surface area contributed by atoms with Gasteiger partial charge in [-0.2, -0.15) is 12.7 Å². The predicted octanol–water partition coefficient (Wildman–Crippen LogP) is 0.795. The smallest absolute Gasteiger partial charge is 0.276 e. The van der Waals surface area contributed by atoms with Gasteiger partial charge in [0.1, 0.15) is 6.33 Å². The summed E-state index contributed by atoms with van der Waals surface area (Å²) in [6.45, 7) is 3.67. The van der Waals surface area contributed by atoms with Gasteiger partial charge in [-0.25, -0.2) is 15.1 Å². The topological polar surface area (TPSA) is 96.8 Å². The van der Waals surface area contributed by atoms with Crippen molar-refractivity contribution in [2.45, 2.75) is 25.8 Å². The van der Waals surface area contributed by atoms with Gasteiger partial charge in [-0.1, -0.05) is 11.6 Å². The molecule has 0 atom stereocenters. The zero-order valence-electron chi connectivity index (χ0n) is 13.5. The largest absolute Gasteiger partial charge is 0.341 e. The summed E-state index contributed by atoms with van der Waals surface area (Å²) in [6.07, 6.45) is 3.19. The van der Waals surface area contributed by atoms with Gasteiger partial charge in [0.2, 0.25) is 5.95 Å². The molecule has 1 spiro atoms. The van der Waals surface area contributed by atoms with Crippen LogP contribution in [0.4, 0.5) is 5.95 Å². The van der Waals surface area contributed by atoms with Crippen LogP contribution in [0.5, 0.6) is 0 Å². The number of rotatable bonds is 3. The molecule has 2 aliphatic rings. The highest BCUT2D eigenvalue weighted by molar-refractivity contribution is 7.86. The lowest BCUT2D eigenvalue weighted by molar-refractivity contribution is 0.0199. The van der Waals surface area contributed by atoms with E-state index in [1.54, 1.807) is 7.05 Å². The number of aryl methyl sites for hydroxylation is 1. The van der Waals surface area contributed by atoms with E-state index >= 15 is 0 Å². The average molecular weight is 371 g/mol. The normalized spacial score (nSPS) is 20.6.